The van der Waals surface area contributed by atoms with Gasteiger partial charge < -0.3 is 20.1 Å². The molecule has 5 rings (SSSR count). The molecule has 0 fully saturated rings. The van der Waals surface area contributed by atoms with Crippen molar-refractivity contribution < 1.29 is 14.3 Å². The number of aryl methyl sites for hydroxylation is 1. The molecule has 0 aliphatic carbocycles. The fraction of sp³-hybridized carbons (Fsp3) is 0.179. The third kappa shape index (κ3) is 5.05. The van der Waals surface area contributed by atoms with Gasteiger partial charge in [-0.15, -0.1) is 0 Å². The molecular weight excluding hydrogens is 525 g/mol. The summed E-state index contributed by atoms with van der Waals surface area (Å²) in [6, 6.07) is 17.9. The van der Waals surface area contributed by atoms with Crippen LogP contribution < -0.4 is 20.1 Å². The molecule has 0 saturated heterocycles. The summed E-state index contributed by atoms with van der Waals surface area (Å²) in [7, 11) is 1.56. The highest BCUT2D eigenvalue weighted by atomic mass is 35.5. The molecule has 1 aliphatic heterocycles. The van der Waals surface area contributed by atoms with Crippen LogP contribution >= 0.6 is 23.2 Å². The van der Waals surface area contributed by atoms with Crippen LogP contribution in [0.15, 0.2) is 78.3 Å². The second-order valence-corrected chi connectivity index (χ2v) is 9.63. The summed E-state index contributed by atoms with van der Waals surface area (Å²) in [5, 5.41) is 11.6. The number of fused-ring (bicyclic) bond motifs is 1. The zero-order valence-corrected chi connectivity index (χ0v) is 22.5. The van der Waals surface area contributed by atoms with Gasteiger partial charge in [-0.3, -0.25) is 4.79 Å². The highest BCUT2D eigenvalue weighted by molar-refractivity contribution is 6.35. The monoisotopic (exact) mass is 549 g/mol. The van der Waals surface area contributed by atoms with Gasteiger partial charge in [0.15, 0.2) is 11.5 Å². The van der Waals surface area contributed by atoms with Crippen molar-refractivity contribution in [2.45, 2.75) is 26.5 Å². The van der Waals surface area contributed by atoms with Crippen LogP contribution in [0.1, 0.15) is 29.7 Å². The Morgan fingerprint density at radius 1 is 1.05 bits per heavy atom. The number of hydrogen-bond donors (Lipinski definition) is 2. The van der Waals surface area contributed by atoms with Crippen LogP contribution in [-0.4, -0.2) is 27.8 Å². The molecule has 4 aromatic rings. The smallest absolute Gasteiger partial charge is 0.255 e. The predicted octanol–water partition coefficient (Wildman–Crippen LogP) is 6.41. The number of carbonyl (C=O) groups excluding carboxylic acids is 1. The molecule has 2 N–H and O–H groups in total. The molecule has 0 bridgehead atoms. The number of methoxy groups -OCH3 is 1. The Labute approximate surface area is 230 Å². The van der Waals surface area contributed by atoms with Gasteiger partial charge in [0.1, 0.15) is 19.0 Å². The summed E-state index contributed by atoms with van der Waals surface area (Å²) in [6.45, 7) is 3.98. The third-order valence-corrected chi connectivity index (χ3v) is 6.96. The number of benzene rings is 3. The first-order valence-corrected chi connectivity index (χ1v) is 12.6. The number of amides is 1. The average Bonchev–Trinajstić information content (AvgIpc) is 3.35. The Balaban J connectivity index is 1.48. The molecule has 3 aromatic carbocycles. The minimum Gasteiger partial charge on any atom is -0.493 e. The Bertz CT molecular complexity index is 1530. The van der Waals surface area contributed by atoms with Crippen molar-refractivity contribution in [2.75, 3.05) is 17.7 Å². The van der Waals surface area contributed by atoms with Crippen LogP contribution in [0.25, 0.3) is 0 Å². The van der Waals surface area contributed by atoms with Crippen molar-refractivity contribution in [3.8, 4) is 11.5 Å². The van der Waals surface area contributed by atoms with E-state index in [1.165, 1.54) is 6.33 Å². The van der Waals surface area contributed by atoms with Crippen LogP contribution in [-0.2, 0) is 11.4 Å². The molecule has 0 radical (unpaired) electrons. The van der Waals surface area contributed by atoms with Gasteiger partial charge in [0.05, 0.1) is 12.7 Å². The maximum atomic E-state index is 13.6. The van der Waals surface area contributed by atoms with Crippen molar-refractivity contribution in [3.63, 3.8) is 0 Å². The summed E-state index contributed by atoms with van der Waals surface area (Å²) in [4.78, 5) is 17.9. The highest BCUT2D eigenvalue weighted by Crippen LogP contribution is 2.39. The molecule has 1 amide bonds. The van der Waals surface area contributed by atoms with Gasteiger partial charge >= 0.3 is 0 Å². The van der Waals surface area contributed by atoms with Gasteiger partial charge in [-0.2, -0.15) is 10.1 Å². The number of allylic oxidation sites excluding steroid dienone is 1. The lowest BCUT2D eigenvalue weighted by Gasteiger charge is -2.29. The Morgan fingerprint density at radius 2 is 1.82 bits per heavy atom. The molecule has 194 valence electrons. The molecule has 0 saturated carbocycles. The minimum absolute atomic E-state index is 0.165. The first-order valence-electron chi connectivity index (χ1n) is 11.8. The van der Waals surface area contributed by atoms with Crippen LogP contribution in [0.2, 0.25) is 10.0 Å². The van der Waals surface area contributed by atoms with E-state index in [0.29, 0.717) is 50.0 Å². The van der Waals surface area contributed by atoms with Crippen molar-refractivity contribution >= 4 is 40.7 Å². The Morgan fingerprint density at radius 3 is 2.55 bits per heavy atom. The first kappa shape index (κ1) is 25.6. The number of carbonyl (C=O) groups is 1. The summed E-state index contributed by atoms with van der Waals surface area (Å²) in [6.07, 6.45) is 1.45. The van der Waals surface area contributed by atoms with E-state index in [1.54, 1.807) is 36.1 Å². The van der Waals surface area contributed by atoms with Crippen LogP contribution in [0.3, 0.4) is 0 Å². The van der Waals surface area contributed by atoms with Gasteiger partial charge in [0.2, 0.25) is 5.95 Å². The molecule has 8 nitrogen and oxygen atoms in total. The number of ether oxygens (including phenoxy) is 2. The molecule has 38 heavy (non-hydrogen) atoms. The predicted molar refractivity (Wildman–Crippen MR) is 148 cm³/mol. The fourth-order valence-electron chi connectivity index (χ4n) is 4.41. The largest absolute Gasteiger partial charge is 0.493 e. The molecule has 1 unspecified atom stereocenters. The van der Waals surface area contributed by atoms with E-state index in [0.717, 1.165) is 11.1 Å². The Hall–Kier alpha value is -4.01. The summed E-state index contributed by atoms with van der Waals surface area (Å²) in [5.41, 5.74) is 4.38. The van der Waals surface area contributed by atoms with E-state index in [2.05, 4.69) is 20.7 Å². The van der Waals surface area contributed by atoms with E-state index in [-0.39, 0.29) is 12.5 Å². The van der Waals surface area contributed by atoms with Gasteiger partial charge in [-0.25, -0.2) is 4.68 Å². The molecule has 1 atom stereocenters. The maximum Gasteiger partial charge on any atom is 0.255 e. The minimum atomic E-state index is -0.556. The van der Waals surface area contributed by atoms with Crippen LogP contribution in [0, 0.1) is 6.92 Å². The van der Waals surface area contributed by atoms with E-state index < -0.39 is 6.04 Å². The number of aromatic nitrogens is 3. The molecular formula is C28H25Cl2N5O3. The standard InChI is InChI=1S/C28H25Cl2N5O3/c1-16-6-4-7-19(12-16)34-27(36)25-17(2)33-28-31-15-32-35(28)26(25)18-10-11-23(24(13-18)37-3)38-14-20-21(29)8-5-9-22(20)30/h4-13,15,26H,14H2,1-3H3,(H,34,36)(H,31,32,33). The highest BCUT2D eigenvalue weighted by Gasteiger charge is 2.34. The van der Waals surface area contributed by atoms with Gasteiger partial charge in [0.25, 0.3) is 5.91 Å². The molecule has 1 aliphatic rings. The summed E-state index contributed by atoms with van der Waals surface area (Å²) < 4.78 is 13.4. The second-order valence-electron chi connectivity index (χ2n) is 8.82. The number of rotatable bonds is 7. The summed E-state index contributed by atoms with van der Waals surface area (Å²) in [5.74, 6) is 1.28. The van der Waals surface area contributed by atoms with Gasteiger partial charge in [-0.1, -0.05) is 47.5 Å². The number of anilines is 2. The van der Waals surface area contributed by atoms with Crippen molar-refractivity contribution in [3.05, 3.63) is 105 Å². The molecule has 10 heteroatoms. The molecule has 2 heterocycles. The lowest BCUT2D eigenvalue weighted by Crippen LogP contribution is -2.31. The Kier molecular flexibility index (Phi) is 7.26. The second kappa shape index (κ2) is 10.8. The van der Waals surface area contributed by atoms with Crippen molar-refractivity contribution in [2.24, 2.45) is 0 Å². The van der Waals surface area contributed by atoms with Crippen LogP contribution in [0.4, 0.5) is 11.6 Å². The lowest BCUT2D eigenvalue weighted by molar-refractivity contribution is -0.113. The SMILES string of the molecule is COc1cc(C2C(C(=O)Nc3cccc(C)c3)=C(C)Nc3ncnn32)ccc1OCc1c(Cl)cccc1Cl. The van der Waals surface area contributed by atoms with E-state index >= 15 is 0 Å². The van der Waals surface area contributed by atoms with Gasteiger partial charge in [-0.05, 0) is 61.4 Å². The van der Waals surface area contributed by atoms with Gasteiger partial charge in [0, 0.05) is 27.0 Å². The zero-order chi connectivity index (χ0) is 26.8. The third-order valence-electron chi connectivity index (χ3n) is 6.25. The number of hydrogen-bond acceptors (Lipinski definition) is 6. The number of nitrogens with zero attached hydrogens (tertiary/aromatic N) is 3. The quantitative estimate of drug-likeness (QED) is 0.277. The van der Waals surface area contributed by atoms with Crippen molar-refractivity contribution in [1.82, 2.24) is 14.8 Å². The van der Waals surface area contributed by atoms with E-state index in [9.17, 15) is 4.79 Å². The first-order chi connectivity index (χ1) is 18.4. The van der Waals surface area contributed by atoms with E-state index in [1.807, 2.05) is 50.2 Å². The van der Waals surface area contributed by atoms with Crippen LogP contribution in [0.5, 0.6) is 11.5 Å². The number of halogens is 2. The number of nitrogens with one attached hydrogen (secondary N) is 2. The zero-order valence-electron chi connectivity index (χ0n) is 21.0. The molecule has 0 spiro atoms. The maximum absolute atomic E-state index is 13.6. The molecule has 1 aromatic heterocycles. The van der Waals surface area contributed by atoms with E-state index in [4.69, 9.17) is 32.7 Å². The summed E-state index contributed by atoms with van der Waals surface area (Å²) >= 11 is 12.6. The topological polar surface area (TPSA) is 90.3 Å². The average molecular weight is 550 g/mol. The normalized spacial score (nSPS) is 14.5. The van der Waals surface area contributed by atoms with Crippen molar-refractivity contribution in [1.29, 1.82) is 0 Å². The fourth-order valence-corrected chi connectivity index (χ4v) is 4.91. The lowest BCUT2D eigenvalue weighted by atomic mass is 9.94.